The summed E-state index contributed by atoms with van der Waals surface area (Å²) in [6, 6.07) is 11.4. The second kappa shape index (κ2) is 11.2. The van der Waals surface area contributed by atoms with E-state index >= 15 is 0 Å². The third-order valence-electron chi connectivity index (χ3n) is 5.62. The lowest BCUT2D eigenvalue weighted by atomic mass is 10.0. The average molecular weight is 445 g/mol. The Morgan fingerprint density at radius 2 is 1.88 bits per heavy atom. The number of carbonyl (C=O) groups excluding carboxylic acids is 1. The Morgan fingerprint density at radius 3 is 2.50 bits per heavy atom. The number of carbonyl (C=O) groups is 1. The van der Waals surface area contributed by atoms with E-state index in [1.54, 1.807) is 4.90 Å². The van der Waals surface area contributed by atoms with Crippen molar-refractivity contribution in [3.8, 4) is 11.5 Å². The molecular weight excluding hydrogens is 411 g/mol. The summed E-state index contributed by atoms with van der Waals surface area (Å²) < 4.78 is 24.7. The number of phenols is 1. The number of amides is 1. The number of aromatic hydroxyl groups is 1. The van der Waals surface area contributed by atoms with E-state index in [2.05, 4.69) is 25.8 Å². The Bertz CT molecular complexity index is 880. The lowest BCUT2D eigenvalue weighted by Gasteiger charge is -2.36. The molecule has 0 unspecified atom stereocenters. The van der Waals surface area contributed by atoms with E-state index in [9.17, 15) is 14.3 Å². The number of nitrogens with zero attached hydrogens (tertiary/aromatic N) is 2. The highest BCUT2D eigenvalue weighted by atomic mass is 19.1. The predicted octanol–water partition coefficient (Wildman–Crippen LogP) is 4.80. The van der Waals surface area contributed by atoms with E-state index < -0.39 is 11.9 Å². The Kier molecular flexibility index (Phi) is 8.33. The zero-order valence-corrected chi connectivity index (χ0v) is 19.1. The maximum atomic E-state index is 13.4. The van der Waals surface area contributed by atoms with Gasteiger partial charge in [-0.05, 0) is 62.7 Å². The van der Waals surface area contributed by atoms with E-state index in [0.717, 1.165) is 43.3 Å². The summed E-state index contributed by atoms with van der Waals surface area (Å²) in [5.41, 5.74) is 1.36. The minimum atomic E-state index is -0.513. The minimum absolute atomic E-state index is 0.00466. The summed E-state index contributed by atoms with van der Waals surface area (Å²) in [7, 11) is 2.05. The number of benzene rings is 2. The molecule has 1 fully saturated rings. The van der Waals surface area contributed by atoms with Gasteiger partial charge in [0.1, 0.15) is 23.9 Å². The van der Waals surface area contributed by atoms with Gasteiger partial charge < -0.3 is 24.4 Å². The molecular formula is C25H33FN2O4. The first-order valence-electron chi connectivity index (χ1n) is 11.1. The molecule has 174 valence electrons. The fourth-order valence-corrected chi connectivity index (χ4v) is 3.68. The van der Waals surface area contributed by atoms with Crippen LogP contribution >= 0.6 is 0 Å². The van der Waals surface area contributed by atoms with Gasteiger partial charge in [-0.25, -0.2) is 9.18 Å². The molecule has 1 N–H and O–H groups in total. The molecule has 32 heavy (non-hydrogen) atoms. The lowest BCUT2D eigenvalue weighted by Crippen LogP contribution is -2.46. The second-order valence-electron chi connectivity index (χ2n) is 8.84. The standard InChI is InChI=1S/C25H33FN2O4/c1-18(2)16-31-23-8-4-19(5-9-23)17-32-25(30)28(22-10-12-27(3)13-11-22)15-20-6-7-21(26)14-24(20)29/h4-9,14,18,22,29H,10-13,15-17H2,1-3H3. The molecule has 1 aliphatic heterocycles. The number of piperidine rings is 1. The average Bonchev–Trinajstić information content (AvgIpc) is 2.77. The van der Waals surface area contributed by atoms with Crippen molar-refractivity contribution in [1.82, 2.24) is 9.80 Å². The van der Waals surface area contributed by atoms with E-state index in [-0.39, 0.29) is 24.9 Å². The third kappa shape index (κ3) is 6.85. The summed E-state index contributed by atoms with van der Waals surface area (Å²) in [5.74, 6) is 0.559. The fraction of sp³-hybridized carbons (Fsp3) is 0.480. The van der Waals surface area contributed by atoms with Crippen LogP contribution in [-0.4, -0.2) is 53.8 Å². The van der Waals surface area contributed by atoms with Crippen LogP contribution in [0.4, 0.5) is 9.18 Å². The first-order valence-corrected chi connectivity index (χ1v) is 11.1. The lowest BCUT2D eigenvalue weighted by molar-refractivity contribution is 0.0601. The zero-order chi connectivity index (χ0) is 23.1. The number of hydrogen-bond acceptors (Lipinski definition) is 5. The van der Waals surface area contributed by atoms with Gasteiger partial charge >= 0.3 is 6.09 Å². The van der Waals surface area contributed by atoms with Crippen molar-refractivity contribution < 1.29 is 23.8 Å². The van der Waals surface area contributed by atoms with Crippen molar-refractivity contribution in [2.75, 3.05) is 26.7 Å². The number of ether oxygens (including phenoxy) is 2. The topological polar surface area (TPSA) is 62.2 Å². The normalized spacial score (nSPS) is 15.0. The van der Waals surface area contributed by atoms with Gasteiger partial charge in [0.2, 0.25) is 0 Å². The smallest absolute Gasteiger partial charge is 0.410 e. The van der Waals surface area contributed by atoms with Gasteiger partial charge in [0, 0.05) is 17.7 Å². The molecule has 3 rings (SSSR count). The van der Waals surface area contributed by atoms with Crippen LogP contribution in [0.1, 0.15) is 37.8 Å². The Balaban J connectivity index is 1.65. The fourth-order valence-electron chi connectivity index (χ4n) is 3.68. The number of phenolic OH excluding ortho intramolecular Hbond substituents is 1. The highest BCUT2D eigenvalue weighted by molar-refractivity contribution is 5.68. The van der Waals surface area contributed by atoms with Gasteiger partial charge in [0.05, 0.1) is 13.2 Å². The number of hydrogen-bond donors (Lipinski definition) is 1. The first-order chi connectivity index (χ1) is 15.3. The molecule has 0 bridgehead atoms. The van der Waals surface area contributed by atoms with Gasteiger partial charge in [-0.1, -0.05) is 32.0 Å². The van der Waals surface area contributed by atoms with Crippen molar-refractivity contribution in [3.05, 3.63) is 59.4 Å². The van der Waals surface area contributed by atoms with Crippen molar-refractivity contribution in [2.24, 2.45) is 5.92 Å². The summed E-state index contributed by atoms with van der Waals surface area (Å²) >= 11 is 0. The van der Waals surface area contributed by atoms with Gasteiger partial charge in [0.25, 0.3) is 0 Å². The molecule has 6 nitrogen and oxygen atoms in total. The van der Waals surface area contributed by atoms with Crippen LogP contribution < -0.4 is 4.74 Å². The Hall–Kier alpha value is -2.80. The van der Waals surface area contributed by atoms with Crippen LogP contribution in [0, 0.1) is 11.7 Å². The second-order valence-corrected chi connectivity index (χ2v) is 8.84. The quantitative estimate of drug-likeness (QED) is 0.634. The minimum Gasteiger partial charge on any atom is -0.507 e. The maximum absolute atomic E-state index is 13.4. The molecule has 1 heterocycles. The van der Waals surface area contributed by atoms with E-state index in [0.29, 0.717) is 18.1 Å². The monoisotopic (exact) mass is 444 g/mol. The Labute approximate surface area is 189 Å². The molecule has 2 aromatic rings. The summed E-state index contributed by atoms with van der Waals surface area (Å²) in [6.07, 6.45) is 1.19. The van der Waals surface area contributed by atoms with Crippen LogP contribution in [-0.2, 0) is 17.9 Å². The van der Waals surface area contributed by atoms with Gasteiger partial charge in [0.15, 0.2) is 0 Å². The largest absolute Gasteiger partial charge is 0.507 e. The van der Waals surface area contributed by atoms with Crippen molar-refractivity contribution in [1.29, 1.82) is 0 Å². The van der Waals surface area contributed by atoms with Crippen molar-refractivity contribution >= 4 is 6.09 Å². The molecule has 1 saturated heterocycles. The number of halogens is 1. The summed E-state index contributed by atoms with van der Waals surface area (Å²) in [6.45, 7) is 6.90. The molecule has 1 amide bonds. The maximum Gasteiger partial charge on any atom is 0.410 e. The number of rotatable bonds is 8. The van der Waals surface area contributed by atoms with Gasteiger partial charge in [-0.2, -0.15) is 0 Å². The zero-order valence-electron chi connectivity index (χ0n) is 19.1. The first kappa shape index (κ1) is 23.9. The SMILES string of the molecule is CC(C)COc1ccc(COC(=O)N(Cc2ccc(F)cc2O)C2CCN(C)CC2)cc1. The van der Waals surface area contributed by atoms with Crippen LogP contribution in [0.5, 0.6) is 11.5 Å². The molecule has 0 aromatic heterocycles. The molecule has 7 heteroatoms. The van der Waals surface area contributed by atoms with Crippen LogP contribution in [0.15, 0.2) is 42.5 Å². The van der Waals surface area contributed by atoms with Crippen LogP contribution in [0.3, 0.4) is 0 Å². The van der Waals surface area contributed by atoms with Gasteiger partial charge in [-0.15, -0.1) is 0 Å². The predicted molar refractivity (Wildman–Crippen MR) is 121 cm³/mol. The molecule has 0 spiro atoms. The highest BCUT2D eigenvalue weighted by Crippen LogP contribution is 2.25. The highest BCUT2D eigenvalue weighted by Gasteiger charge is 2.29. The molecule has 0 radical (unpaired) electrons. The molecule has 0 aliphatic carbocycles. The van der Waals surface area contributed by atoms with E-state index in [1.807, 2.05) is 24.3 Å². The van der Waals surface area contributed by atoms with Crippen LogP contribution in [0.25, 0.3) is 0 Å². The third-order valence-corrected chi connectivity index (χ3v) is 5.62. The molecule has 0 atom stereocenters. The molecule has 2 aromatic carbocycles. The Morgan fingerprint density at radius 1 is 1.19 bits per heavy atom. The number of likely N-dealkylation sites (tertiary alicyclic amines) is 1. The molecule has 0 saturated carbocycles. The van der Waals surface area contributed by atoms with Crippen LogP contribution in [0.2, 0.25) is 0 Å². The van der Waals surface area contributed by atoms with E-state index in [4.69, 9.17) is 9.47 Å². The van der Waals surface area contributed by atoms with Crippen molar-refractivity contribution in [3.63, 3.8) is 0 Å². The van der Waals surface area contributed by atoms with Gasteiger partial charge in [-0.3, -0.25) is 0 Å². The van der Waals surface area contributed by atoms with E-state index in [1.165, 1.54) is 12.1 Å². The summed E-state index contributed by atoms with van der Waals surface area (Å²) in [5, 5.41) is 10.1. The molecule has 1 aliphatic rings. The summed E-state index contributed by atoms with van der Waals surface area (Å²) in [4.78, 5) is 16.9. The van der Waals surface area contributed by atoms with Crippen molar-refractivity contribution in [2.45, 2.75) is 45.9 Å².